The summed E-state index contributed by atoms with van der Waals surface area (Å²) in [6.07, 6.45) is -1.42. The first-order chi connectivity index (χ1) is 12.1. The summed E-state index contributed by atoms with van der Waals surface area (Å²) in [5.41, 5.74) is 1.77. The van der Waals surface area contributed by atoms with Gasteiger partial charge >= 0.3 is 12.1 Å². The quantitative estimate of drug-likeness (QED) is 0.731. The van der Waals surface area contributed by atoms with Gasteiger partial charge in [-0.2, -0.15) is 0 Å². The number of carbonyl (C=O) groups excluding carboxylic acids is 1. The number of carbonyl (C=O) groups is 2. The fourth-order valence-corrected chi connectivity index (χ4v) is 2.13. The molecular formula is C19H21NO5. The number of hydrogen-bond donors (Lipinski definition) is 2. The number of alkyl carbamates (subject to hydrolysis) is 1. The van der Waals surface area contributed by atoms with E-state index in [0.29, 0.717) is 0 Å². The van der Waals surface area contributed by atoms with Gasteiger partial charge in [-0.15, -0.1) is 0 Å². The molecule has 1 atom stereocenters. The lowest BCUT2D eigenvalue weighted by molar-refractivity contribution is -0.151. The van der Waals surface area contributed by atoms with Crippen molar-refractivity contribution in [1.82, 2.24) is 5.32 Å². The summed E-state index contributed by atoms with van der Waals surface area (Å²) in [4.78, 5) is 22.9. The van der Waals surface area contributed by atoms with E-state index in [1.807, 2.05) is 60.7 Å². The predicted octanol–water partition coefficient (Wildman–Crippen LogP) is 2.97. The van der Waals surface area contributed by atoms with E-state index in [2.05, 4.69) is 5.32 Å². The number of carboxylic acid groups (broad SMARTS) is 1. The first-order valence-corrected chi connectivity index (χ1v) is 7.98. The normalized spacial score (nSPS) is 11.5. The zero-order valence-corrected chi connectivity index (χ0v) is 13.8. The predicted molar refractivity (Wildman–Crippen MR) is 91.9 cm³/mol. The van der Waals surface area contributed by atoms with Gasteiger partial charge in [-0.1, -0.05) is 60.7 Å². The zero-order chi connectivity index (χ0) is 17.9. The highest BCUT2D eigenvalue weighted by atomic mass is 16.5. The molecule has 0 saturated carbocycles. The number of hydrogen-bond acceptors (Lipinski definition) is 4. The number of carboxylic acids is 1. The van der Waals surface area contributed by atoms with Gasteiger partial charge < -0.3 is 19.9 Å². The van der Waals surface area contributed by atoms with Gasteiger partial charge in [0.2, 0.25) is 0 Å². The van der Waals surface area contributed by atoms with Crippen LogP contribution in [-0.4, -0.2) is 29.8 Å². The topological polar surface area (TPSA) is 84.9 Å². The Morgan fingerprint density at radius 2 is 1.48 bits per heavy atom. The first kappa shape index (κ1) is 18.5. The third-order valence-corrected chi connectivity index (χ3v) is 3.46. The Labute approximate surface area is 146 Å². The first-order valence-electron chi connectivity index (χ1n) is 7.98. The van der Waals surface area contributed by atoms with Crippen LogP contribution in [0.15, 0.2) is 60.7 Å². The van der Waals surface area contributed by atoms with E-state index in [1.165, 1.54) is 0 Å². The molecule has 1 unspecified atom stereocenters. The van der Waals surface area contributed by atoms with Crippen LogP contribution in [0.2, 0.25) is 0 Å². The van der Waals surface area contributed by atoms with Crippen molar-refractivity contribution in [2.75, 3.05) is 6.54 Å². The van der Waals surface area contributed by atoms with E-state index in [-0.39, 0.29) is 26.2 Å². The molecule has 0 aromatic heterocycles. The summed E-state index contributed by atoms with van der Waals surface area (Å²) in [6.45, 7) is 0.523. The molecular weight excluding hydrogens is 322 g/mol. The van der Waals surface area contributed by atoms with Crippen LogP contribution in [0.3, 0.4) is 0 Å². The van der Waals surface area contributed by atoms with Gasteiger partial charge in [-0.3, -0.25) is 0 Å². The van der Waals surface area contributed by atoms with Crippen LogP contribution in [0.25, 0.3) is 0 Å². The minimum absolute atomic E-state index is 0.152. The van der Waals surface area contributed by atoms with Gasteiger partial charge in [0, 0.05) is 13.0 Å². The summed E-state index contributed by atoms with van der Waals surface area (Å²) in [6, 6.07) is 18.6. The lowest BCUT2D eigenvalue weighted by Crippen LogP contribution is -2.32. The number of ether oxygens (including phenoxy) is 2. The number of nitrogens with one attached hydrogen (secondary N) is 1. The largest absolute Gasteiger partial charge is 0.479 e. The molecule has 0 spiro atoms. The molecule has 0 aliphatic rings. The second-order valence-electron chi connectivity index (χ2n) is 5.40. The molecule has 2 aromatic carbocycles. The third-order valence-electron chi connectivity index (χ3n) is 3.46. The van der Waals surface area contributed by atoms with Crippen molar-refractivity contribution in [1.29, 1.82) is 0 Å². The van der Waals surface area contributed by atoms with Crippen molar-refractivity contribution >= 4 is 12.1 Å². The second-order valence-corrected chi connectivity index (χ2v) is 5.40. The number of amides is 1. The molecule has 0 aliphatic heterocycles. The Hall–Kier alpha value is -2.86. The van der Waals surface area contributed by atoms with Crippen LogP contribution in [0.1, 0.15) is 17.5 Å². The Bertz CT molecular complexity index is 660. The lowest BCUT2D eigenvalue weighted by atomic mass is 10.2. The van der Waals surface area contributed by atoms with Crippen molar-refractivity contribution in [3.63, 3.8) is 0 Å². The van der Waals surface area contributed by atoms with E-state index in [1.54, 1.807) is 0 Å². The summed E-state index contributed by atoms with van der Waals surface area (Å²) in [5.74, 6) is -1.06. The van der Waals surface area contributed by atoms with Crippen molar-refractivity contribution < 1.29 is 24.2 Å². The maximum atomic E-state index is 11.6. The van der Waals surface area contributed by atoms with Crippen LogP contribution >= 0.6 is 0 Å². The summed E-state index contributed by atoms with van der Waals surface area (Å²) in [5, 5.41) is 11.7. The minimum atomic E-state index is -1.06. The number of rotatable bonds is 9. The smallest absolute Gasteiger partial charge is 0.407 e. The highest BCUT2D eigenvalue weighted by Crippen LogP contribution is 2.06. The molecule has 0 bridgehead atoms. The fraction of sp³-hybridized carbons (Fsp3) is 0.263. The SMILES string of the molecule is O=C(NCCC(OCc1ccccc1)C(=O)O)OCc1ccccc1. The molecule has 0 heterocycles. The van der Waals surface area contributed by atoms with E-state index in [0.717, 1.165) is 11.1 Å². The van der Waals surface area contributed by atoms with Gasteiger partial charge in [0.1, 0.15) is 6.61 Å². The van der Waals surface area contributed by atoms with Gasteiger partial charge in [0.05, 0.1) is 6.61 Å². The van der Waals surface area contributed by atoms with Crippen molar-refractivity contribution in [3.05, 3.63) is 71.8 Å². The van der Waals surface area contributed by atoms with E-state index in [4.69, 9.17) is 9.47 Å². The Morgan fingerprint density at radius 1 is 0.920 bits per heavy atom. The molecule has 2 aromatic rings. The third kappa shape index (κ3) is 7.05. The number of benzene rings is 2. The molecule has 6 heteroatoms. The molecule has 1 amide bonds. The lowest BCUT2D eigenvalue weighted by Gasteiger charge is -2.14. The average Bonchev–Trinajstić information content (AvgIpc) is 2.64. The molecule has 0 radical (unpaired) electrons. The molecule has 0 aliphatic carbocycles. The molecule has 132 valence electrons. The average molecular weight is 343 g/mol. The fourth-order valence-electron chi connectivity index (χ4n) is 2.13. The van der Waals surface area contributed by atoms with Crippen LogP contribution < -0.4 is 5.32 Å². The highest BCUT2D eigenvalue weighted by Gasteiger charge is 2.18. The van der Waals surface area contributed by atoms with Crippen LogP contribution in [0, 0.1) is 0 Å². The molecule has 2 N–H and O–H groups in total. The monoisotopic (exact) mass is 343 g/mol. The van der Waals surface area contributed by atoms with E-state index in [9.17, 15) is 14.7 Å². The molecule has 25 heavy (non-hydrogen) atoms. The molecule has 0 saturated heterocycles. The van der Waals surface area contributed by atoms with Gasteiger partial charge in [-0.25, -0.2) is 9.59 Å². The Morgan fingerprint density at radius 3 is 2.04 bits per heavy atom. The van der Waals surface area contributed by atoms with Crippen molar-refractivity contribution in [3.8, 4) is 0 Å². The van der Waals surface area contributed by atoms with Crippen LogP contribution in [0.4, 0.5) is 4.79 Å². The Kier molecular flexibility index (Phi) is 7.46. The zero-order valence-electron chi connectivity index (χ0n) is 13.8. The van der Waals surface area contributed by atoms with Crippen LogP contribution in [0.5, 0.6) is 0 Å². The van der Waals surface area contributed by atoms with Crippen molar-refractivity contribution in [2.45, 2.75) is 25.7 Å². The minimum Gasteiger partial charge on any atom is -0.479 e. The summed E-state index contributed by atoms with van der Waals surface area (Å²) >= 11 is 0. The molecule has 6 nitrogen and oxygen atoms in total. The second kappa shape index (κ2) is 10.1. The van der Waals surface area contributed by atoms with Crippen LogP contribution in [-0.2, 0) is 27.5 Å². The Balaban J connectivity index is 1.68. The maximum Gasteiger partial charge on any atom is 0.407 e. The van der Waals surface area contributed by atoms with Gasteiger partial charge in [-0.05, 0) is 11.1 Å². The standard InChI is InChI=1S/C19H21NO5/c21-18(22)17(24-13-15-7-3-1-4-8-15)11-12-20-19(23)25-14-16-9-5-2-6-10-16/h1-10,17H,11-14H2,(H,20,23)(H,21,22). The van der Waals surface area contributed by atoms with E-state index >= 15 is 0 Å². The van der Waals surface area contributed by atoms with E-state index < -0.39 is 18.2 Å². The highest BCUT2D eigenvalue weighted by molar-refractivity contribution is 5.72. The summed E-state index contributed by atoms with van der Waals surface area (Å²) < 4.78 is 10.5. The maximum absolute atomic E-state index is 11.6. The molecule has 2 rings (SSSR count). The summed E-state index contributed by atoms with van der Waals surface area (Å²) in [7, 11) is 0. The molecule has 0 fully saturated rings. The van der Waals surface area contributed by atoms with Gasteiger partial charge in [0.15, 0.2) is 6.10 Å². The van der Waals surface area contributed by atoms with Gasteiger partial charge in [0.25, 0.3) is 0 Å². The van der Waals surface area contributed by atoms with Crippen molar-refractivity contribution in [2.24, 2.45) is 0 Å². The number of aliphatic carboxylic acids is 1.